The van der Waals surface area contributed by atoms with Gasteiger partial charge in [-0.25, -0.2) is 17.9 Å². The molecular weight excluding hydrogens is 302 g/mol. The van der Waals surface area contributed by atoms with Crippen molar-refractivity contribution in [3.8, 4) is 0 Å². The van der Waals surface area contributed by atoms with Gasteiger partial charge in [-0.15, -0.1) is 0 Å². The minimum absolute atomic E-state index is 0.0424. The highest BCUT2D eigenvalue weighted by molar-refractivity contribution is 7.89. The van der Waals surface area contributed by atoms with Gasteiger partial charge in [0.05, 0.1) is 9.82 Å². The van der Waals surface area contributed by atoms with E-state index < -0.39 is 27.1 Å². The van der Waals surface area contributed by atoms with Gasteiger partial charge >= 0.3 is 6.09 Å². The zero-order valence-electron chi connectivity index (χ0n) is 11.1. The normalized spacial score (nSPS) is 12.6. The quantitative estimate of drug-likeness (QED) is 0.505. The standard InChI is InChI=1S/C11H15N3O6S/c1-8(13-11(15)16)6-7-12-21(19,20)10-4-2-9(3-5-10)14(17)18/h2-5,8,12-13H,6-7H2,1H3,(H,15,16). The smallest absolute Gasteiger partial charge is 0.404 e. The van der Waals surface area contributed by atoms with Crippen LogP contribution in [0.15, 0.2) is 29.2 Å². The molecule has 1 aromatic carbocycles. The van der Waals surface area contributed by atoms with Crippen LogP contribution in [0, 0.1) is 10.1 Å². The number of nitro groups is 1. The van der Waals surface area contributed by atoms with E-state index in [4.69, 9.17) is 5.11 Å². The van der Waals surface area contributed by atoms with Gasteiger partial charge in [-0.3, -0.25) is 10.1 Å². The SMILES string of the molecule is CC(CCNS(=O)(=O)c1ccc([N+](=O)[O-])cc1)NC(=O)O. The molecule has 0 fully saturated rings. The molecule has 0 bridgehead atoms. The van der Waals surface area contributed by atoms with E-state index in [0.717, 1.165) is 24.3 Å². The molecule has 0 aromatic heterocycles. The van der Waals surface area contributed by atoms with Crippen molar-refractivity contribution in [1.29, 1.82) is 0 Å². The Kier molecular flexibility index (Phi) is 5.61. The summed E-state index contributed by atoms with van der Waals surface area (Å²) in [5.74, 6) is 0. The molecule has 0 heterocycles. The maximum atomic E-state index is 11.9. The molecule has 1 atom stereocenters. The third-order valence-electron chi connectivity index (χ3n) is 2.60. The predicted molar refractivity (Wildman–Crippen MR) is 73.5 cm³/mol. The van der Waals surface area contributed by atoms with Crippen molar-refractivity contribution in [1.82, 2.24) is 10.0 Å². The monoisotopic (exact) mass is 317 g/mol. The molecule has 3 N–H and O–H groups in total. The number of hydrogen-bond acceptors (Lipinski definition) is 5. The van der Waals surface area contributed by atoms with Crippen molar-refractivity contribution < 1.29 is 23.2 Å². The van der Waals surface area contributed by atoms with Crippen LogP contribution in [0.1, 0.15) is 13.3 Å². The van der Waals surface area contributed by atoms with Crippen molar-refractivity contribution >= 4 is 21.8 Å². The van der Waals surface area contributed by atoms with Gasteiger partial charge in [-0.2, -0.15) is 0 Å². The van der Waals surface area contributed by atoms with Crippen LogP contribution in [0.4, 0.5) is 10.5 Å². The van der Waals surface area contributed by atoms with E-state index in [9.17, 15) is 23.3 Å². The number of hydrogen-bond donors (Lipinski definition) is 3. The topological polar surface area (TPSA) is 139 Å². The second-order valence-electron chi connectivity index (χ2n) is 4.29. The van der Waals surface area contributed by atoms with Gasteiger partial charge < -0.3 is 10.4 Å². The Morgan fingerprint density at radius 2 is 1.95 bits per heavy atom. The third-order valence-corrected chi connectivity index (χ3v) is 4.07. The van der Waals surface area contributed by atoms with Gasteiger partial charge in [-0.1, -0.05) is 0 Å². The minimum Gasteiger partial charge on any atom is -0.465 e. The lowest BCUT2D eigenvalue weighted by atomic mass is 10.2. The fourth-order valence-corrected chi connectivity index (χ4v) is 2.57. The van der Waals surface area contributed by atoms with Gasteiger partial charge in [0.15, 0.2) is 0 Å². The molecule has 9 nitrogen and oxygen atoms in total. The zero-order valence-corrected chi connectivity index (χ0v) is 12.0. The number of nitrogens with zero attached hydrogens (tertiary/aromatic N) is 1. The lowest BCUT2D eigenvalue weighted by molar-refractivity contribution is -0.384. The van der Waals surface area contributed by atoms with E-state index in [2.05, 4.69) is 10.0 Å². The van der Waals surface area contributed by atoms with Crippen LogP contribution < -0.4 is 10.0 Å². The Bertz CT molecular complexity index is 613. The number of nitrogens with one attached hydrogen (secondary N) is 2. The first-order chi connectivity index (χ1) is 9.72. The zero-order chi connectivity index (χ0) is 16.0. The summed E-state index contributed by atoms with van der Waals surface area (Å²) in [5, 5.41) is 21.2. The summed E-state index contributed by atoms with van der Waals surface area (Å²) in [6.45, 7) is 1.65. The average Bonchev–Trinajstić information content (AvgIpc) is 2.37. The largest absolute Gasteiger partial charge is 0.465 e. The number of carboxylic acid groups (broad SMARTS) is 1. The van der Waals surface area contributed by atoms with E-state index in [1.54, 1.807) is 6.92 Å². The Balaban J connectivity index is 2.61. The fraction of sp³-hybridized carbons (Fsp3) is 0.364. The lowest BCUT2D eigenvalue weighted by Crippen LogP contribution is -2.35. The number of benzene rings is 1. The highest BCUT2D eigenvalue weighted by Crippen LogP contribution is 2.15. The third kappa shape index (κ3) is 5.36. The summed E-state index contributed by atoms with van der Waals surface area (Å²) < 4.78 is 26.1. The molecule has 1 aromatic rings. The first kappa shape index (κ1) is 16.9. The van der Waals surface area contributed by atoms with E-state index >= 15 is 0 Å². The van der Waals surface area contributed by atoms with Crippen LogP contribution >= 0.6 is 0 Å². The van der Waals surface area contributed by atoms with Crippen molar-refractivity contribution in [3.05, 3.63) is 34.4 Å². The molecule has 0 aliphatic heterocycles. The van der Waals surface area contributed by atoms with E-state index in [-0.39, 0.29) is 23.5 Å². The molecule has 0 saturated carbocycles. The second-order valence-corrected chi connectivity index (χ2v) is 6.05. The van der Waals surface area contributed by atoms with Crippen molar-refractivity contribution in [2.75, 3.05) is 6.54 Å². The number of nitro benzene ring substituents is 1. The van der Waals surface area contributed by atoms with Gasteiger partial charge in [0.25, 0.3) is 5.69 Å². The molecule has 0 aliphatic carbocycles. The lowest BCUT2D eigenvalue weighted by Gasteiger charge is -2.12. The van der Waals surface area contributed by atoms with Crippen molar-refractivity contribution in [3.63, 3.8) is 0 Å². The first-order valence-corrected chi connectivity index (χ1v) is 7.44. The number of carbonyl (C=O) groups is 1. The molecule has 0 aliphatic rings. The Morgan fingerprint density at radius 3 is 2.43 bits per heavy atom. The predicted octanol–water partition coefficient (Wildman–Crippen LogP) is 0.919. The van der Waals surface area contributed by atoms with Gasteiger partial charge in [0, 0.05) is 24.7 Å². The molecule has 1 amide bonds. The van der Waals surface area contributed by atoms with Crippen LogP contribution in [0.25, 0.3) is 0 Å². The molecule has 10 heteroatoms. The van der Waals surface area contributed by atoms with E-state index in [1.807, 2.05) is 0 Å². The average molecular weight is 317 g/mol. The minimum atomic E-state index is -3.77. The fourth-order valence-electron chi connectivity index (χ4n) is 1.52. The van der Waals surface area contributed by atoms with Gasteiger partial charge in [-0.05, 0) is 25.5 Å². The molecule has 21 heavy (non-hydrogen) atoms. The molecule has 0 saturated heterocycles. The van der Waals surface area contributed by atoms with E-state index in [0.29, 0.717) is 0 Å². The van der Waals surface area contributed by atoms with Crippen molar-refractivity contribution in [2.45, 2.75) is 24.3 Å². The number of sulfonamides is 1. The molecule has 0 spiro atoms. The highest BCUT2D eigenvalue weighted by Gasteiger charge is 2.16. The highest BCUT2D eigenvalue weighted by atomic mass is 32.2. The molecular formula is C11H15N3O6S. The Labute approximate surface area is 121 Å². The Morgan fingerprint density at radius 1 is 1.38 bits per heavy atom. The summed E-state index contributed by atoms with van der Waals surface area (Å²) in [6.07, 6.45) is -0.904. The summed E-state index contributed by atoms with van der Waals surface area (Å²) >= 11 is 0. The summed E-state index contributed by atoms with van der Waals surface area (Å²) in [4.78, 5) is 20.1. The summed E-state index contributed by atoms with van der Waals surface area (Å²) in [5.41, 5.74) is -0.201. The maximum Gasteiger partial charge on any atom is 0.404 e. The summed E-state index contributed by atoms with van der Waals surface area (Å²) in [6, 6.07) is 4.08. The van der Waals surface area contributed by atoms with Gasteiger partial charge in [0.2, 0.25) is 10.0 Å². The van der Waals surface area contributed by atoms with E-state index in [1.165, 1.54) is 0 Å². The van der Waals surface area contributed by atoms with Crippen LogP contribution in [0.5, 0.6) is 0 Å². The molecule has 0 radical (unpaired) electrons. The Hall–Kier alpha value is -2.20. The summed E-state index contributed by atoms with van der Waals surface area (Å²) in [7, 11) is -3.77. The molecule has 116 valence electrons. The number of rotatable bonds is 7. The van der Waals surface area contributed by atoms with Crippen LogP contribution in [-0.2, 0) is 10.0 Å². The number of non-ortho nitro benzene ring substituents is 1. The molecule has 1 rings (SSSR count). The first-order valence-electron chi connectivity index (χ1n) is 5.96. The van der Waals surface area contributed by atoms with Crippen LogP contribution in [0.2, 0.25) is 0 Å². The van der Waals surface area contributed by atoms with Gasteiger partial charge in [0.1, 0.15) is 0 Å². The van der Waals surface area contributed by atoms with Crippen LogP contribution in [-0.4, -0.2) is 37.1 Å². The number of amides is 1. The molecule has 1 unspecified atom stereocenters. The van der Waals surface area contributed by atoms with Crippen LogP contribution in [0.3, 0.4) is 0 Å². The second kappa shape index (κ2) is 6.99. The van der Waals surface area contributed by atoms with Crippen molar-refractivity contribution in [2.24, 2.45) is 0 Å². The maximum absolute atomic E-state index is 11.9.